The van der Waals surface area contributed by atoms with Crippen LogP contribution in [0.4, 0.5) is 0 Å². The molecular weight excluding hydrogens is 368 g/mol. The molecule has 0 aromatic carbocycles. The van der Waals surface area contributed by atoms with E-state index in [1.165, 1.54) is 0 Å². The number of rotatable bonds is 6. The van der Waals surface area contributed by atoms with Gasteiger partial charge in [-0.25, -0.2) is 0 Å². The summed E-state index contributed by atoms with van der Waals surface area (Å²) in [4.78, 5) is 0. The predicted molar refractivity (Wildman–Crippen MR) is 85.3 cm³/mol. The monoisotopic (exact) mass is 393 g/mol. The van der Waals surface area contributed by atoms with Gasteiger partial charge in [0.15, 0.2) is 0 Å². The van der Waals surface area contributed by atoms with Crippen LogP contribution in [0, 0.1) is 0 Å². The molecule has 0 aliphatic carbocycles. The minimum absolute atomic E-state index is 0.0649. The summed E-state index contributed by atoms with van der Waals surface area (Å²) in [7, 11) is 2.27. The molecule has 113 valence electrons. The number of hydrogen-bond acceptors (Lipinski definition) is 5. The van der Waals surface area contributed by atoms with Crippen molar-refractivity contribution in [3.05, 3.63) is 0 Å². The Morgan fingerprint density at radius 3 is 2.21 bits per heavy atom. The molecule has 0 bridgehead atoms. The first-order valence-electron chi connectivity index (χ1n) is 6.45. The van der Waals surface area contributed by atoms with Gasteiger partial charge < -0.3 is 0 Å². The van der Waals surface area contributed by atoms with Gasteiger partial charge in [-0.05, 0) is 0 Å². The van der Waals surface area contributed by atoms with Crippen molar-refractivity contribution in [1.82, 2.24) is 0 Å². The Balaban J connectivity index is 3.02. The number of hydrogen-bond donors (Lipinski definition) is 0. The Labute approximate surface area is 133 Å². The molecule has 0 aromatic heterocycles. The molecule has 1 unspecified atom stereocenters. The van der Waals surface area contributed by atoms with Crippen molar-refractivity contribution in [3.8, 4) is 0 Å². The molecule has 0 spiro atoms. The van der Waals surface area contributed by atoms with E-state index in [0.29, 0.717) is 18.3 Å². The summed E-state index contributed by atoms with van der Waals surface area (Å²) in [5.74, 6) is 0. The fourth-order valence-electron chi connectivity index (χ4n) is 2.00. The van der Waals surface area contributed by atoms with Crippen LogP contribution in [0.15, 0.2) is 0 Å². The maximum absolute atomic E-state index is 13.1. The van der Waals surface area contributed by atoms with Crippen molar-refractivity contribution in [2.45, 2.75) is 50.7 Å². The topological polar surface area (TPSA) is 35.5 Å². The molecule has 1 aliphatic rings. The summed E-state index contributed by atoms with van der Waals surface area (Å²) < 4.78 is 24.7. The normalized spacial score (nSPS) is 30.3. The Morgan fingerprint density at radius 2 is 1.89 bits per heavy atom. The number of nitrogens with zero attached hydrogens (tertiary/aromatic N) is 1. The fourth-order valence-corrected chi connectivity index (χ4v) is 8.35. The minimum atomic E-state index is -3.23. The van der Waals surface area contributed by atoms with E-state index in [1.807, 2.05) is 20.9 Å². The van der Waals surface area contributed by atoms with Crippen LogP contribution >= 0.6 is 29.3 Å². The average molecular weight is 392 g/mol. The van der Waals surface area contributed by atoms with E-state index in [-0.39, 0.29) is 15.1 Å². The molecule has 1 aliphatic heterocycles. The standard InChI is InChI=1S/C11H24NO3PS2Se/c1-7-12(6,8-2)16(13,15-19)14-10-9(3)17-18-11(10,4)5/h9-10H,7-8H2,1-6H3/q+1/t9-,10+,16?/m0/s1. The quantitative estimate of drug-likeness (QED) is 0.392. The zero-order valence-electron chi connectivity index (χ0n) is 12.4. The van der Waals surface area contributed by atoms with Gasteiger partial charge in [0.25, 0.3) is 0 Å². The first-order chi connectivity index (χ1) is 8.65. The third-order valence-electron chi connectivity index (χ3n) is 3.82. The summed E-state index contributed by atoms with van der Waals surface area (Å²) in [5, 5.41) is 0.297. The van der Waals surface area contributed by atoms with Crippen molar-refractivity contribution < 1.29 is 16.9 Å². The molecule has 3 atom stereocenters. The van der Waals surface area contributed by atoms with E-state index in [2.05, 4.69) is 37.1 Å². The molecule has 4 nitrogen and oxygen atoms in total. The van der Waals surface area contributed by atoms with Gasteiger partial charge in [0.1, 0.15) is 0 Å². The molecule has 1 fully saturated rings. The van der Waals surface area contributed by atoms with Gasteiger partial charge in [-0.15, -0.1) is 0 Å². The fraction of sp³-hybridized carbons (Fsp3) is 1.00. The van der Waals surface area contributed by atoms with Gasteiger partial charge in [0.2, 0.25) is 0 Å². The summed E-state index contributed by atoms with van der Waals surface area (Å²) in [5.41, 5.74) is 0. The van der Waals surface area contributed by atoms with Crippen LogP contribution < -0.4 is 0 Å². The van der Waals surface area contributed by atoms with Crippen molar-refractivity contribution in [1.29, 1.82) is 0 Å². The van der Waals surface area contributed by atoms with Gasteiger partial charge in [0.05, 0.1) is 0 Å². The molecule has 0 saturated carbocycles. The van der Waals surface area contributed by atoms with Crippen molar-refractivity contribution in [2.75, 3.05) is 20.1 Å². The third kappa shape index (κ3) is 3.57. The first-order valence-corrected chi connectivity index (χ1v) is 10.9. The molecule has 1 rings (SSSR count). The SMILES string of the molecule is CC[N+](C)(CC)P(=O)(O[Se])O[C@@H]1[C@H](C)SSC1(C)C. The molecule has 8 heteroatoms. The van der Waals surface area contributed by atoms with Crippen LogP contribution in [0.5, 0.6) is 0 Å². The van der Waals surface area contributed by atoms with E-state index < -0.39 is 7.75 Å². The molecule has 1 radical (unpaired) electrons. The predicted octanol–water partition coefficient (Wildman–Crippen LogP) is 3.63. The zero-order chi connectivity index (χ0) is 14.9. The number of quaternary nitrogens is 1. The molecule has 1 saturated heterocycles. The second kappa shape index (κ2) is 6.62. The van der Waals surface area contributed by atoms with E-state index >= 15 is 0 Å². The second-order valence-corrected chi connectivity index (χ2v) is 12.0. The zero-order valence-corrected chi connectivity index (χ0v) is 16.7. The van der Waals surface area contributed by atoms with Crippen molar-refractivity contribution in [3.63, 3.8) is 0 Å². The summed E-state index contributed by atoms with van der Waals surface area (Å²) in [6, 6.07) is 0. The van der Waals surface area contributed by atoms with Crippen LogP contribution in [-0.2, 0) is 12.7 Å². The van der Waals surface area contributed by atoms with Crippen LogP contribution in [-0.4, -0.2) is 56.8 Å². The van der Waals surface area contributed by atoms with Gasteiger partial charge in [-0.2, -0.15) is 0 Å². The molecule has 0 aromatic rings. The molecule has 0 amide bonds. The Hall–Kier alpha value is 1.33. The van der Waals surface area contributed by atoms with Crippen molar-refractivity contribution >= 4 is 45.7 Å². The van der Waals surface area contributed by atoms with E-state index in [0.717, 1.165) is 0 Å². The van der Waals surface area contributed by atoms with E-state index in [1.54, 1.807) is 21.6 Å². The van der Waals surface area contributed by atoms with E-state index in [9.17, 15) is 4.57 Å². The average Bonchev–Trinajstić information content (AvgIpc) is 2.64. The summed E-state index contributed by atoms with van der Waals surface area (Å²) >= 11 is 2.46. The van der Waals surface area contributed by atoms with Crippen molar-refractivity contribution in [2.24, 2.45) is 0 Å². The van der Waals surface area contributed by atoms with Crippen LogP contribution in [0.3, 0.4) is 0 Å². The summed E-state index contributed by atoms with van der Waals surface area (Å²) in [6.45, 7) is 11.8. The van der Waals surface area contributed by atoms with Crippen LogP contribution in [0.1, 0.15) is 34.6 Å². The van der Waals surface area contributed by atoms with E-state index in [4.69, 9.17) is 8.13 Å². The maximum atomic E-state index is 13.1. The van der Waals surface area contributed by atoms with Gasteiger partial charge >= 0.3 is 133 Å². The molecular formula is C11H24NO3PS2Se+. The third-order valence-corrected chi connectivity index (χ3v) is 11.2. The summed E-state index contributed by atoms with van der Waals surface area (Å²) in [6.07, 6.45) is -0.0859. The van der Waals surface area contributed by atoms with Gasteiger partial charge in [-0.1, -0.05) is 0 Å². The van der Waals surface area contributed by atoms with Gasteiger partial charge in [-0.3, -0.25) is 0 Å². The Bertz CT molecular complexity index is 366. The molecule has 1 heterocycles. The van der Waals surface area contributed by atoms with Crippen LogP contribution in [0.2, 0.25) is 0 Å². The van der Waals surface area contributed by atoms with Crippen LogP contribution in [0.25, 0.3) is 0 Å². The Kier molecular flexibility index (Phi) is 6.40. The second-order valence-electron chi connectivity index (χ2n) is 5.53. The Morgan fingerprint density at radius 1 is 1.37 bits per heavy atom. The van der Waals surface area contributed by atoms with Gasteiger partial charge in [0, 0.05) is 0 Å². The molecule has 19 heavy (non-hydrogen) atoms. The molecule has 0 N–H and O–H groups in total. The first kappa shape index (κ1) is 18.4.